The zero-order valence-electron chi connectivity index (χ0n) is 10.5. The summed E-state index contributed by atoms with van der Waals surface area (Å²) in [7, 11) is 0. The molecule has 0 radical (unpaired) electrons. The molecule has 1 heterocycles. The van der Waals surface area contributed by atoms with E-state index in [4.69, 9.17) is 17.4 Å². The number of rotatable bonds is 2. The maximum atomic E-state index is 6.26. The summed E-state index contributed by atoms with van der Waals surface area (Å²) < 4.78 is 1.07. The first-order chi connectivity index (χ1) is 8.45. The van der Waals surface area contributed by atoms with Gasteiger partial charge in [-0.15, -0.1) is 0 Å². The van der Waals surface area contributed by atoms with Crippen molar-refractivity contribution in [3.05, 3.63) is 32.0 Å². The zero-order valence-corrected chi connectivity index (χ0v) is 13.4. The first-order valence-electron chi connectivity index (χ1n) is 5.71. The second-order valence-electron chi connectivity index (χ2n) is 4.57. The van der Waals surface area contributed by atoms with E-state index in [2.05, 4.69) is 52.9 Å². The first kappa shape index (κ1) is 13.8. The van der Waals surface area contributed by atoms with Gasteiger partial charge < -0.3 is 5.43 Å². The number of anilines is 1. The monoisotopic (exact) mass is 375 g/mol. The summed E-state index contributed by atoms with van der Waals surface area (Å²) in [5.41, 5.74) is 6.64. The molecule has 0 aliphatic heterocycles. The number of aryl methyl sites for hydroxylation is 1. The van der Waals surface area contributed by atoms with Gasteiger partial charge in [0.15, 0.2) is 0 Å². The topological polar surface area (TPSA) is 50.9 Å². The van der Waals surface area contributed by atoms with Crippen LogP contribution in [-0.2, 0) is 0 Å². The maximum Gasteiger partial charge on any atom is 0.0913 e. The van der Waals surface area contributed by atoms with Crippen LogP contribution < -0.4 is 11.3 Å². The van der Waals surface area contributed by atoms with Gasteiger partial charge >= 0.3 is 0 Å². The fraction of sp³-hybridized carbons (Fsp3) is 0.308. The van der Waals surface area contributed by atoms with Gasteiger partial charge in [-0.2, -0.15) is 0 Å². The second kappa shape index (κ2) is 5.19. The van der Waals surface area contributed by atoms with Crippen LogP contribution in [0.2, 0.25) is 5.02 Å². The van der Waals surface area contributed by atoms with E-state index < -0.39 is 0 Å². The Bertz CT molecular complexity index is 611. The normalized spacial score (nSPS) is 11.3. The Morgan fingerprint density at radius 1 is 1.39 bits per heavy atom. The number of nitrogen functional groups attached to an aromatic ring is 1. The van der Waals surface area contributed by atoms with Crippen molar-refractivity contribution in [2.75, 3.05) is 5.43 Å². The van der Waals surface area contributed by atoms with E-state index in [1.165, 1.54) is 0 Å². The molecule has 0 aliphatic carbocycles. The largest absolute Gasteiger partial charge is 0.323 e. The van der Waals surface area contributed by atoms with Crippen LogP contribution >= 0.6 is 34.2 Å². The minimum atomic E-state index is 0.351. The van der Waals surface area contributed by atoms with Crippen LogP contribution in [0, 0.1) is 10.5 Å². The number of pyridine rings is 1. The Kier molecular flexibility index (Phi) is 3.99. The van der Waals surface area contributed by atoms with Crippen LogP contribution in [0.25, 0.3) is 10.9 Å². The average molecular weight is 376 g/mol. The standard InChI is InChI=1S/C13H15ClIN3/c1-6(2)11-7(3)17-12-9(13(11)18-16)4-8(15)5-10(12)14/h4-6H,16H2,1-3H3,(H,17,18). The summed E-state index contributed by atoms with van der Waals surface area (Å²) in [5.74, 6) is 6.05. The lowest BCUT2D eigenvalue weighted by Gasteiger charge is -2.18. The summed E-state index contributed by atoms with van der Waals surface area (Å²) in [6.07, 6.45) is 0. The maximum absolute atomic E-state index is 6.26. The number of benzene rings is 1. The Labute approximate surface area is 125 Å². The van der Waals surface area contributed by atoms with Crippen molar-refractivity contribution < 1.29 is 0 Å². The lowest BCUT2D eigenvalue weighted by molar-refractivity contribution is 0.848. The van der Waals surface area contributed by atoms with Crippen molar-refractivity contribution in [1.29, 1.82) is 0 Å². The zero-order chi connectivity index (χ0) is 13.4. The quantitative estimate of drug-likeness (QED) is 0.470. The number of nitrogens with zero attached hydrogens (tertiary/aromatic N) is 1. The minimum Gasteiger partial charge on any atom is -0.323 e. The number of hydrogen-bond acceptors (Lipinski definition) is 3. The van der Waals surface area contributed by atoms with Gasteiger partial charge in [-0.3, -0.25) is 10.8 Å². The molecule has 5 heteroatoms. The molecule has 0 amide bonds. The number of nitrogens with two attached hydrogens (primary N) is 1. The van der Waals surface area contributed by atoms with E-state index >= 15 is 0 Å². The second-order valence-corrected chi connectivity index (χ2v) is 6.22. The Morgan fingerprint density at radius 3 is 2.61 bits per heavy atom. The van der Waals surface area contributed by atoms with E-state index in [0.717, 1.165) is 31.4 Å². The number of aromatic nitrogens is 1. The minimum absolute atomic E-state index is 0.351. The molecule has 0 atom stereocenters. The third-order valence-corrected chi connectivity index (χ3v) is 3.87. The molecule has 1 aromatic heterocycles. The molecule has 0 spiro atoms. The van der Waals surface area contributed by atoms with Crippen molar-refractivity contribution in [3.63, 3.8) is 0 Å². The molecule has 0 saturated heterocycles. The molecule has 2 rings (SSSR count). The molecule has 0 bridgehead atoms. The highest BCUT2D eigenvalue weighted by atomic mass is 127. The molecule has 0 unspecified atom stereocenters. The summed E-state index contributed by atoms with van der Waals surface area (Å²) in [5, 5.41) is 1.63. The lowest BCUT2D eigenvalue weighted by Crippen LogP contribution is -2.12. The highest BCUT2D eigenvalue weighted by Crippen LogP contribution is 2.36. The Balaban J connectivity index is 2.94. The predicted molar refractivity (Wildman–Crippen MR) is 86.1 cm³/mol. The van der Waals surface area contributed by atoms with Gasteiger partial charge in [0.1, 0.15) is 0 Å². The molecule has 0 saturated carbocycles. The molecule has 1 aromatic carbocycles. The van der Waals surface area contributed by atoms with Gasteiger partial charge in [0, 0.05) is 20.2 Å². The fourth-order valence-corrected chi connectivity index (χ4v) is 3.35. The van der Waals surface area contributed by atoms with Crippen molar-refractivity contribution in [2.45, 2.75) is 26.7 Å². The van der Waals surface area contributed by atoms with E-state index in [0.29, 0.717) is 10.9 Å². The van der Waals surface area contributed by atoms with Crippen LogP contribution in [0.5, 0.6) is 0 Å². The van der Waals surface area contributed by atoms with Crippen molar-refractivity contribution in [2.24, 2.45) is 5.84 Å². The molecule has 96 valence electrons. The van der Waals surface area contributed by atoms with E-state index in [1.54, 1.807) is 0 Å². The third-order valence-electron chi connectivity index (χ3n) is 2.96. The SMILES string of the molecule is Cc1nc2c(Cl)cc(I)cc2c(NN)c1C(C)C. The van der Waals surface area contributed by atoms with Crippen LogP contribution in [0.1, 0.15) is 31.0 Å². The van der Waals surface area contributed by atoms with Gasteiger partial charge in [0.05, 0.1) is 16.2 Å². The number of hydrazine groups is 1. The lowest BCUT2D eigenvalue weighted by atomic mass is 9.97. The molecule has 3 nitrogen and oxygen atoms in total. The number of nitrogens with one attached hydrogen (secondary N) is 1. The summed E-state index contributed by atoms with van der Waals surface area (Å²) >= 11 is 8.50. The van der Waals surface area contributed by atoms with Gasteiger partial charge in [-0.05, 0) is 47.6 Å². The van der Waals surface area contributed by atoms with E-state index in [-0.39, 0.29) is 0 Å². The van der Waals surface area contributed by atoms with Gasteiger partial charge in [0.25, 0.3) is 0 Å². The highest BCUT2D eigenvalue weighted by Gasteiger charge is 2.16. The van der Waals surface area contributed by atoms with Gasteiger partial charge in [0.2, 0.25) is 0 Å². The number of fused-ring (bicyclic) bond motifs is 1. The highest BCUT2D eigenvalue weighted by molar-refractivity contribution is 14.1. The van der Waals surface area contributed by atoms with E-state index in [9.17, 15) is 0 Å². The summed E-state index contributed by atoms with van der Waals surface area (Å²) in [6, 6.07) is 3.96. The smallest absolute Gasteiger partial charge is 0.0913 e. The Hall–Kier alpha value is -0.590. The Morgan fingerprint density at radius 2 is 2.06 bits per heavy atom. The van der Waals surface area contributed by atoms with Crippen LogP contribution in [0.4, 0.5) is 5.69 Å². The molecular formula is C13H15ClIN3. The number of halogens is 2. The summed E-state index contributed by atoms with van der Waals surface area (Å²) in [6.45, 7) is 6.25. The van der Waals surface area contributed by atoms with E-state index in [1.807, 2.05) is 13.0 Å². The first-order valence-corrected chi connectivity index (χ1v) is 7.17. The number of hydrogen-bond donors (Lipinski definition) is 2. The third kappa shape index (κ3) is 2.29. The van der Waals surface area contributed by atoms with Crippen LogP contribution in [-0.4, -0.2) is 4.98 Å². The molecular weight excluding hydrogens is 361 g/mol. The van der Waals surface area contributed by atoms with Gasteiger partial charge in [-0.25, -0.2) is 0 Å². The summed E-state index contributed by atoms with van der Waals surface area (Å²) in [4.78, 5) is 4.62. The van der Waals surface area contributed by atoms with Crippen LogP contribution in [0.15, 0.2) is 12.1 Å². The average Bonchev–Trinajstić information content (AvgIpc) is 2.28. The molecule has 3 N–H and O–H groups in total. The fourth-order valence-electron chi connectivity index (χ4n) is 2.29. The molecule has 2 aromatic rings. The molecule has 0 fully saturated rings. The van der Waals surface area contributed by atoms with Gasteiger partial charge in [-0.1, -0.05) is 25.4 Å². The van der Waals surface area contributed by atoms with Crippen LogP contribution in [0.3, 0.4) is 0 Å². The van der Waals surface area contributed by atoms with Crippen molar-refractivity contribution in [1.82, 2.24) is 4.98 Å². The predicted octanol–water partition coefficient (Wildman–Crippen LogP) is 4.21. The van der Waals surface area contributed by atoms with Crippen molar-refractivity contribution >= 4 is 50.8 Å². The van der Waals surface area contributed by atoms with Crippen molar-refractivity contribution in [3.8, 4) is 0 Å². The molecule has 0 aliphatic rings. The molecule has 18 heavy (non-hydrogen) atoms.